The highest BCUT2D eigenvalue weighted by Gasteiger charge is 2.37. The number of para-hydroxylation sites is 1. The lowest BCUT2D eigenvalue weighted by atomic mass is 9.88. The molecule has 3 heterocycles. The van der Waals surface area contributed by atoms with Gasteiger partial charge in [0.25, 0.3) is 0 Å². The van der Waals surface area contributed by atoms with Crippen LogP contribution < -0.4 is 11.1 Å². The molecule has 0 saturated carbocycles. The Bertz CT molecular complexity index is 1690. The number of amides is 4. The van der Waals surface area contributed by atoms with E-state index in [2.05, 4.69) is 17.4 Å². The van der Waals surface area contributed by atoms with Crippen LogP contribution in [0.2, 0.25) is 5.02 Å². The Morgan fingerprint density at radius 2 is 1.54 bits per heavy atom. The number of hydrogen-bond acceptors (Lipinski definition) is 4. The zero-order valence-corrected chi connectivity index (χ0v) is 28.7. The first-order valence-electron chi connectivity index (χ1n) is 17.4. The van der Waals surface area contributed by atoms with Gasteiger partial charge in [-0.3, -0.25) is 9.59 Å². The van der Waals surface area contributed by atoms with Crippen molar-refractivity contribution in [1.82, 2.24) is 14.7 Å². The van der Waals surface area contributed by atoms with Crippen LogP contribution in [0.1, 0.15) is 54.4 Å². The molecule has 266 valence electrons. The van der Waals surface area contributed by atoms with Crippen molar-refractivity contribution in [1.29, 1.82) is 0 Å². The summed E-state index contributed by atoms with van der Waals surface area (Å²) in [5.41, 5.74) is 7.40. The van der Waals surface area contributed by atoms with E-state index >= 15 is 0 Å². The number of carbonyl (C=O) groups is 3. The van der Waals surface area contributed by atoms with Gasteiger partial charge in [0, 0.05) is 50.9 Å². The molecular formula is C38H43ClF3N5O3. The van der Waals surface area contributed by atoms with E-state index in [-0.39, 0.29) is 47.3 Å². The molecular weight excluding hydrogens is 667 g/mol. The number of nitrogens with two attached hydrogens (primary N) is 1. The van der Waals surface area contributed by atoms with Crippen LogP contribution in [0.3, 0.4) is 0 Å². The first kappa shape index (κ1) is 35.6. The van der Waals surface area contributed by atoms with Crippen molar-refractivity contribution in [3.05, 3.63) is 94.0 Å². The molecule has 0 radical (unpaired) electrons. The molecule has 4 amide bonds. The molecule has 3 aliphatic rings. The van der Waals surface area contributed by atoms with Crippen molar-refractivity contribution in [2.24, 2.45) is 11.8 Å². The topological polar surface area (TPSA) is 99.0 Å². The third kappa shape index (κ3) is 8.37. The Morgan fingerprint density at radius 3 is 2.24 bits per heavy atom. The van der Waals surface area contributed by atoms with Crippen LogP contribution in [0.4, 0.5) is 29.3 Å². The summed E-state index contributed by atoms with van der Waals surface area (Å²) in [6.45, 7) is 2.44. The van der Waals surface area contributed by atoms with Crippen LogP contribution in [0.15, 0.2) is 66.7 Å². The number of piperidine rings is 2. The second kappa shape index (κ2) is 15.3. The number of nitrogens with zero attached hydrogens (tertiary/aromatic N) is 3. The molecule has 50 heavy (non-hydrogen) atoms. The Hall–Kier alpha value is -4.25. The van der Waals surface area contributed by atoms with Crippen LogP contribution >= 0.6 is 11.6 Å². The minimum atomic E-state index is -4.73. The summed E-state index contributed by atoms with van der Waals surface area (Å²) < 4.78 is 41.5. The predicted molar refractivity (Wildman–Crippen MR) is 188 cm³/mol. The largest absolute Gasteiger partial charge is 0.418 e. The van der Waals surface area contributed by atoms with Gasteiger partial charge in [-0.1, -0.05) is 60.1 Å². The van der Waals surface area contributed by atoms with Gasteiger partial charge in [-0.25, -0.2) is 4.79 Å². The molecule has 12 heteroatoms. The summed E-state index contributed by atoms with van der Waals surface area (Å²) in [5.74, 6) is -0.935. The Kier molecular flexibility index (Phi) is 10.9. The Morgan fingerprint density at radius 1 is 0.880 bits per heavy atom. The van der Waals surface area contributed by atoms with E-state index < -0.39 is 23.3 Å². The third-order valence-corrected chi connectivity index (χ3v) is 10.8. The fourth-order valence-electron chi connectivity index (χ4n) is 7.63. The molecule has 0 bridgehead atoms. The summed E-state index contributed by atoms with van der Waals surface area (Å²) in [4.78, 5) is 46.2. The number of carbonyl (C=O) groups excluding carboxylic acids is 3. The molecule has 0 spiro atoms. The van der Waals surface area contributed by atoms with Gasteiger partial charge in [0.15, 0.2) is 0 Å². The Labute approximate surface area is 295 Å². The minimum Gasteiger partial charge on any atom is -0.397 e. The maximum Gasteiger partial charge on any atom is 0.418 e. The average Bonchev–Trinajstić information content (AvgIpc) is 3.27. The van der Waals surface area contributed by atoms with Gasteiger partial charge in [0.2, 0.25) is 11.8 Å². The molecule has 2 fully saturated rings. The number of anilines is 2. The van der Waals surface area contributed by atoms with Crippen molar-refractivity contribution in [3.8, 4) is 0 Å². The van der Waals surface area contributed by atoms with Crippen LogP contribution in [0, 0.1) is 11.8 Å². The quantitative estimate of drug-likeness (QED) is 0.245. The van der Waals surface area contributed by atoms with Gasteiger partial charge >= 0.3 is 12.2 Å². The molecule has 0 unspecified atom stereocenters. The number of urea groups is 1. The molecule has 0 aromatic heterocycles. The fraction of sp³-hybridized carbons (Fsp3) is 0.447. The van der Waals surface area contributed by atoms with E-state index in [1.54, 1.807) is 9.80 Å². The summed E-state index contributed by atoms with van der Waals surface area (Å²) in [6, 6.07) is 20.0. The van der Waals surface area contributed by atoms with E-state index in [1.807, 2.05) is 47.4 Å². The van der Waals surface area contributed by atoms with E-state index in [0.717, 1.165) is 43.0 Å². The van der Waals surface area contributed by atoms with Crippen molar-refractivity contribution >= 4 is 40.8 Å². The molecule has 1 atom stereocenters. The Balaban J connectivity index is 1.12. The maximum absolute atomic E-state index is 14.1. The summed E-state index contributed by atoms with van der Waals surface area (Å²) >= 11 is 6.14. The van der Waals surface area contributed by atoms with Gasteiger partial charge in [-0.2, -0.15) is 13.2 Å². The molecule has 3 aromatic rings. The maximum atomic E-state index is 14.1. The number of hydrogen-bond donors (Lipinski definition) is 2. The number of rotatable bonds is 8. The normalized spacial score (nSPS) is 18.3. The first-order valence-corrected chi connectivity index (χ1v) is 17.7. The van der Waals surface area contributed by atoms with Gasteiger partial charge in [0.05, 0.1) is 22.2 Å². The van der Waals surface area contributed by atoms with E-state index in [0.29, 0.717) is 51.5 Å². The lowest BCUT2D eigenvalue weighted by Gasteiger charge is -2.38. The highest BCUT2D eigenvalue weighted by Crippen LogP contribution is 2.39. The SMILES string of the molecule is Nc1c(Cl)cc(C[C@@H](CC(=O)N2CCC(N3CCc4ccccc4NC3=O)CC2)C(=O)N2CCC(Cc3ccccc3)CC2)cc1C(F)(F)F. The van der Waals surface area contributed by atoms with Crippen LogP contribution in [-0.2, 0) is 35.0 Å². The van der Waals surface area contributed by atoms with Crippen molar-refractivity contribution in [3.63, 3.8) is 0 Å². The van der Waals surface area contributed by atoms with Crippen molar-refractivity contribution in [2.45, 2.75) is 63.6 Å². The van der Waals surface area contributed by atoms with E-state index in [9.17, 15) is 27.6 Å². The number of nitrogens with one attached hydrogen (secondary N) is 1. The molecule has 0 aliphatic carbocycles. The monoisotopic (exact) mass is 709 g/mol. The van der Waals surface area contributed by atoms with E-state index in [1.165, 1.54) is 11.6 Å². The number of halogens is 4. The highest BCUT2D eigenvalue weighted by molar-refractivity contribution is 6.33. The molecule has 6 rings (SSSR count). The third-order valence-electron chi connectivity index (χ3n) is 10.4. The number of nitrogen functional groups attached to an aromatic ring is 1. The average molecular weight is 710 g/mol. The van der Waals surface area contributed by atoms with Gasteiger partial charge in [-0.05, 0) is 85.8 Å². The summed E-state index contributed by atoms with van der Waals surface area (Å²) in [7, 11) is 0. The molecule has 3 aromatic carbocycles. The minimum absolute atomic E-state index is 0.0410. The number of fused-ring (bicyclic) bond motifs is 1. The number of benzene rings is 3. The van der Waals surface area contributed by atoms with Crippen molar-refractivity contribution in [2.75, 3.05) is 43.8 Å². The number of likely N-dealkylation sites (tertiary alicyclic amines) is 2. The van der Waals surface area contributed by atoms with Gasteiger partial charge < -0.3 is 25.8 Å². The zero-order valence-electron chi connectivity index (χ0n) is 27.9. The predicted octanol–water partition coefficient (Wildman–Crippen LogP) is 7.05. The molecule has 3 aliphatic heterocycles. The van der Waals surface area contributed by atoms with Gasteiger partial charge in [0.1, 0.15) is 0 Å². The van der Waals surface area contributed by atoms with Crippen molar-refractivity contribution < 1.29 is 27.6 Å². The molecule has 8 nitrogen and oxygen atoms in total. The summed E-state index contributed by atoms with van der Waals surface area (Å²) in [5, 5.41) is 2.77. The highest BCUT2D eigenvalue weighted by atomic mass is 35.5. The standard InChI is InChI=1S/C38H43ClF3N5O3/c39-32-23-27(22-31(35(32)43)38(40,41)42)21-29(36(49)46-15-10-26(11-16-46)20-25-6-2-1-3-7-25)24-34(48)45-17-13-30(14-18-45)47-19-12-28-8-4-5-9-33(28)44-37(47)50/h1-9,22-23,26,29-30H,10-21,24,43H2,(H,44,50)/t29-/m0/s1. The van der Waals surface area contributed by atoms with Crippen LogP contribution in [0.25, 0.3) is 0 Å². The molecule has 3 N–H and O–H groups in total. The van der Waals surface area contributed by atoms with E-state index in [4.69, 9.17) is 17.3 Å². The summed E-state index contributed by atoms with van der Waals surface area (Å²) in [6.07, 6.45) is -0.525. The van der Waals surface area contributed by atoms with Gasteiger partial charge in [-0.15, -0.1) is 0 Å². The lowest BCUT2D eigenvalue weighted by molar-refractivity contribution is -0.143. The van der Waals surface area contributed by atoms with Crippen LogP contribution in [-0.4, -0.2) is 71.3 Å². The second-order valence-corrected chi connectivity index (χ2v) is 14.2. The first-order chi connectivity index (χ1) is 24.0. The lowest BCUT2D eigenvalue weighted by Crippen LogP contribution is -2.50. The number of alkyl halides is 3. The smallest absolute Gasteiger partial charge is 0.397 e. The molecule has 2 saturated heterocycles. The second-order valence-electron chi connectivity index (χ2n) is 13.7. The van der Waals surface area contributed by atoms with Crippen LogP contribution in [0.5, 0.6) is 0 Å². The fourth-order valence-corrected chi connectivity index (χ4v) is 7.87. The zero-order chi connectivity index (χ0) is 35.4.